The first-order valence-corrected chi connectivity index (χ1v) is 3.31. The van der Waals surface area contributed by atoms with Crippen LogP contribution in [0.5, 0.6) is 0 Å². The Balaban J connectivity index is 3.87. The summed E-state index contributed by atoms with van der Waals surface area (Å²) in [6.45, 7) is 0. The van der Waals surface area contributed by atoms with Crippen LogP contribution < -0.4 is 0 Å². The van der Waals surface area contributed by atoms with Crippen LogP contribution in [0.4, 0.5) is 0 Å². The van der Waals surface area contributed by atoms with Crippen molar-refractivity contribution in [3.63, 3.8) is 0 Å². The molecule has 0 spiro atoms. The van der Waals surface area contributed by atoms with Gasteiger partial charge in [-0.3, -0.25) is 4.79 Å². The molecule has 0 rings (SSSR count). The minimum Gasteiger partial charge on any atom is -0.301 e. The Kier molecular flexibility index (Phi) is 4.19. The number of ketones is 1. The molecule has 0 aliphatic heterocycles. The summed E-state index contributed by atoms with van der Waals surface area (Å²) in [4.78, 5) is 19.0. The Morgan fingerprint density at radius 1 is 1.33 bits per heavy atom. The number of halogens is 3. The van der Waals surface area contributed by atoms with Gasteiger partial charge < -0.3 is 4.79 Å². The van der Waals surface area contributed by atoms with E-state index in [0.29, 0.717) is 0 Å². The van der Waals surface area contributed by atoms with E-state index in [2.05, 4.69) is 0 Å². The molecule has 0 amide bonds. The van der Waals surface area contributed by atoms with Gasteiger partial charge in [0, 0.05) is 0 Å². The molecule has 0 aromatic rings. The molecule has 0 heterocycles. The molecule has 9 heavy (non-hydrogen) atoms. The van der Waals surface area contributed by atoms with Gasteiger partial charge in [-0.2, -0.15) is 0 Å². The minimum absolute atomic E-state index is 0.279. The maximum atomic E-state index is 10.4. The molecule has 0 aromatic carbocycles. The molecular formula is C4H3Cl3O2. The molecule has 0 aromatic heterocycles. The highest BCUT2D eigenvalue weighted by Crippen LogP contribution is 2.08. The lowest BCUT2D eigenvalue weighted by Crippen LogP contribution is -2.21. The van der Waals surface area contributed by atoms with E-state index in [1.165, 1.54) is 0 Å². The Morgan fingerprint density at radius 2 is 1.78 bits per heavy atom. The summed E-state index contributed by atoms with van der Waals surface area (Å²) in [5.74, 6) is -0.685. The van der Waals surface area contributed by atoms with E-state index in [1.54, 1.807) is 0 Å². The van der Waals surface area contributed by atoms with Gasteiger partial charge in [0.1, 0.15) is 11.7 Å². The van der Waals surface area contributed by atoms with E-state index < -0.39 is 16.0 Å². The van der Waals surface area contributed by atoms with Crippen LogP contribution in [0, 0.1) is 0 Å². The van der Waals surface area contributed by atoms with Crippen LogP contribution in [-0.2, 0) is 9.59 Å². The Bertz CT molecular complexity index is 123. The fraction of sp³-hybridized carbons (Fsp3) is 0.500. The third-order valence-corrected chi connectivity index (χ3v) is 1.35. The van der Waals surface area contributed by atoms with E-state index in [4.69, 9.17) is 34.8 Å². The normalized spacial score (nSPS) is 13.3. The van der Waals surface area contributed by atoms with Gasteiger partial charge in [0.2, 0.25) is 0 Å². The standard InChI is InChI=1S/C4H3Cl3O2/c5-2(1-8)3(9)4(6)7/h1-2,4H. The van der Waals surface area contributed by atoms with Gasteiger partial charge in [0.05, 0.1) is 0 Å². The zero-order valence-corrected chi connectivity index (χ0v) is 6.45. The molecule has 1 unspecified atom stereocenters. The summed E-state index contributed by atoms with van der Waals surface area (Å²) in [5, 5.41) is -1.22. The molecule has 0 saturated carbocycles. The summed E-state index contributed by atoms with van der Waals surface area (Å²) in [6, 6.07) is 0. The third kappa shape index (κ3) is 3.04. The second-order valence-corrected chi connectivity index (χ2v) is 2.81. The van der Waals surface area contributed by atoms with Gasteiger partial charge in [-0.05, 0) is 0 Å². The largest absolute Gasteiger partial charge is 0.301 e. The maximum Gasteiger partial charge on any atom is 0.190 e. The molecule has 0 aliphatic rings. The predicted molar refractivity (Wildman–Crippen MR) is 36.2 cm³/mol. The summed E-state index contributed by atoms with van der Waals surface area (Å²) >= 11 is 15.3. The van der Waals surface area contributed by atoms with Crippen LogP contribution in [0.2, 0.25) is 0 Å². The summed E-state index contributed by atoms with van der Waals surface area (Å²) < 4.78 is 0. The van der Waals surface area contributed by atoms with Crippen molar-refractivity contribution in [1.82, 2.24) is 0 Å². The first-order chi connectivity index (χ1) is 4.09. The number of Topliss-reactive ketones (excluding diaryl/α,β-unsaturated/α-hetero) is 1. The van der Waals surface area contributed by atoms with Crippen molar-refractivity contribution in [2.24, 2.45) is 0 Å². The highest BCUT2D eigenvalue weighted by atomic mass is 35.5. The quantitative estimate of drug-likeness (QED) is 0.379. The molecule has 52 valence electrons. The van der Waals surface area contributed by atoms with Crippen LogP contribution in [0.1, 0.15) is 0 Å². The number of aldehydes is 1. The van der Waals surface area contributed by atoms with Gasteiger partial charge in [-0.15, -0.1) is 11.6 Å². The maximum absolute atomic E-state index is 10.4. The van der Waals surface area contributed by atoms with Gasteiger partial charge in [0.25, 0.3) is 0 Å². The lowest BCUT2D eigenvalue weighted by atomic mass is 10.3. The van der Waals surface area contributed by atoms with Crippen LogP contribution in [0.15, 0.2) is 0 Å². The topological polar surface area (TPSA) is 34.1 Å². The van der Waals surface area contributed by atoms with Crippen molar-refractivity contribution < 1.29 is 9.59 Å². The summed E-state index contributed by atoms with van der Waals surface area (Å²) in [6.07, 6.45) is 0.279. The van der Waals surface area contributed by atoms with Crippen LogP contribution in [0.25, 0.3) is 0 Å². The number of carbonyl (C=O) groups excluding carboxylic acids is 2. The molecule has 0 saturated heterocycles. The monoisotopic (exact) mass is 188 g/mol. The van der Waals surface area contributed by atoms with Crippen LogP contribution in [-0.4, -0.2) is 22.3 Å². The summed E-state index contributed by atoms with van der Waals surface area (Å²) in [5.41, 5.74) is 0. The second kappa shape index (κ2) is 4.09. The van der Waals surface area contributed by atoms with Gasteiger partial charge >= 0.3 is 0 Å². The zero-order chi connectivity index (χ0) is 7.44. The van der Waals surface area contributed by atoms with Crippen LogP contribution >= 0.6 is 34.8 Å². The SMILES string of the molecule is O=CC(Cl)C(=O)C(Cl)Cl. The van der Waals surface area contributed by atoms with Crippen molar-refractivity contribution >= 4 is 46.9 Å². The molecule has 1 atom stereocenters. The van der Waals surface area contributed by atoms with E-state index in [1.807, 2.05) is 0 Å². The molecular weight excluding hydrogens is 186 g/mol. The van der Waals surface area contributed by atoms with E-state index in [-0.39, 0.29) is 6.29 Å². The molecule has 5 heteroatoms. The van der Waals surface area contributed by atoms with Crippen molar-refractivity contribution in [3.05, 3.63) is 0 Å². The first-order valence-electron chi connectivity index (χ1n) is 2.01. The average Bonchev–Trinajstić information content (AvgIpc) is 1.84. The Labute approximate surface area is 67.1 Å². The number of alkyl halides is 3. The Morgan fingerprint density at radius 3 is 1.89 bits per heavy atom. The molecule has 0 aliphatic carbocycles. The zero-order valence-electron chi connectivity index (χ0n) is 4.18. The number of hydrogen-bond acceptors (Lipinski definition) is 2. The smallest absolute Gasteiger partial charge is 0.190 e. The van der Waals surface area contributed by atoms with Crippen molar-refractivity contribution in [1.29, 1.82) is 0 Å². The highest BCUT2D eigenvalue weighted by Gasteiger charge is 2.20. The average molecular weight is 189 g/mol. The Hall–Kier alpha value is 0.210. The van der Waals surface area contributed by atoms with E-state index in [9.17, 15) is 9.59 Å². The summed E-state index contributed by atoms with van der Waals surface area (Å²) in [7, 11) is 0. The fourth-order valence-corrected chi connectivity index (χ4v) is 0.714. The molecule has 0 N–H and O–H groups in total. The number of rotatable bonds is 3. The van der Waals surface area contributed by atoms with Crippen LogP contribution in [0.3, 0.4) is 0 Å². The number of hydrogen-bond donors (Lipinski definition) is 0. The first kappa shape index (κ1) is 9.21. The van der Waals surface area contributed by atoms with Crippen molar-refractivity contribution in [2.45, 2.75) is 10.2 Å². The van der Waals surface area contributed by atoms with Gasteiger partial charge in [0.15, 0.2) is 10.6 Å². The predicted octanol–water partition coefficient (Wildman–Crippen LogP) is 1.17. The molecule has 2 nitrogen and oxygen atoms in total. The molecule has 0 radical (unpaired) electrons. The lowest BCUT2D eigenvalue weighted by Gasteiger charge is -1.98. The van der Waals surface area contributed by atoms with Crippen molar-refractivity contribution in [2.75, 3.05) is 0 Å². The van der Waals surface area contributed by atoms with Gasteiger partial charge in [-0.25, -0.2) is 0 Å². The lowest BCUT2D eigenvalue weighted by molar-refractivity contribution is -0.120. The fourth-order valence-electron chi connectivity index (χ4n) is 0.187. The van der Waals surface area contributed by atoms with E-state index >= 15 is 0 Å². The van der Waals surface area contributed by atoms with Crippen molar-refractivity contribution in [3.8, 4) is 0 Å². The molecule has 0 bridgehead atoms. The number of carbonyl (C=O) groups is 2. The van der Waals surface area contributed by atoms with E-state index in [0.717, 1.165) is 0 Å². The third-order valence-electron chi connectivity index (χ3n) is 0.606. The van der Waals surface area contributed by atoms with Gasteiger partial charge in [-0.1, -0.05) is 23.2 Å². The minimum atomic E-state index is -1.22. The molecule has 0 fully saturated rings. The highest BCUT2D eigenvalue weighted by molar-refractivity contribution is 6.58. The second-order valence-electron chi connectivity index (χ2n) is 1.24.